The Kier molecular flexibility index (Phi) is 18.0. The van der Waals surface area contributed by atoms with Gasteiger partial charge in [0.05, 0.1) is 46.2 Å². The van der Waals surface area contributed by atoms with Crippen molar-refractivity contribution in [2.75, 3.05) is 6.61 Å². The van der Waals surface area contributed by atoms with Gasteiger partial charge in [0.15, 0.2) is 12.4 Å². The lowest BCUT2D eigenvalue weighted by atomic mass is 9.84. The monoisotopic (exact) mass is 924 g/mol. The van der Waals surface area contributed by atoms with Crippen LogP contribution >= 0.6 is 0 Å². The summed E-state index contributed by atoms with van der Waals surface area (Å²) in [5.74, 6) is -0.701. The summed E-state index contributed by atoms with van der Waals surface area (Å²) in [5.41, 5.74) is 5.38. The summed E-state index contributed by atoms with van der Waals surface area (Å²) in [6, 6.07) is 58.2. The molecule has 0 spiro atoms. The number of benzene rings is 6. The van der Waals surface area contributed by atoms with Gasteiger partial charge in [0, 0.05) is 6.92 Å². The third kappa shape index (κ3) is 13.5. The summed E-state index contributed by atoms with van der Waals surface area (Å²) in [6.07, 6.45) is -13.0. The highest BCUT2D eigenvalue weighted by Gasteiger charge is 2.57. The topological polar surface area (TPSA) is 141 Å². The smallest absolute Gasteiger partial charge is 0.303 e. The van der Waals surface area contributed by atoms with E-state index in [1.54, 1.807) is 0 Å². The Balaban J connectivity index is 1.19. The van der Waals surface area contributed by atoms with Crippen molar-refractivity contribution < 1.29 is 57.6 Å². The van der Waals surface area contributed by atoms with Crippen molar-refractivity contribution in [3.8, 4) is 0 Å². The molecule has 2 N–H and O–H groups in total. The molecule has 0 aromatic heterocycles. The number of ether oxygens (including phenoxy) is 9. The number of aliphatic hydroxyl groups excluding tert-OH is 2. The zero-order valence-corrected chi connectivity index (χ0v) is 38.1. The number of hydrogen-bond acceptors (Lipinski definition) is 12. The molecule has 1 aliphatic carbocycles. The molecule has 6 aromatic carbocycles. The van der Waals surface area contributed by atoms with Crippen LogP contribution in [0.2, 0.25) is 0 Å². The van der Waals surface area contributed by atoms with Gasteiger partial charge in [-0.3, -0.25) is 4.79 Å². The van der Waals surface area contributed by atoms with E-state index in [9.17, 15) is 15.0 Å². The predicted molar refractivity (Wildman–Crippen MR) is 252 cm³/mol. The van der Waals surface area contributed by atoms with Crippen molar-refractivity contribution in [1.29, 1.82) is 0 Å². The van der Waals surface area contributed by atoms with Crippen molar-refractivity contribution in [3.05, 3.63) is 215 Å². The van der Waals surface area contributed by atoms with E-state index in [1.165, 1.54) is 6.92 Å². The highest BCUT2D eigenvalue weighted by atomic mass is 16.7. The predicted octanol–water partition coefficient (Wildman–Crippen LogP) is 7.91. The molecule has 12 heteroatoms. The van der Waals surface area contributed by atoms with Crippen LogP contribution in [-0.4, -0.2) is 90.1 Å². The van der Waals surface area contributed by atoms with Gasteiger partial charge < -0.3 is 52.8 Å². The minimum atomic E-state index is -1.66. The Morgan fingerprint density at radius 1 is 0.412 bits per heavy atom. The molecule has 0 bridgehead atoms. The van der Waals surface area contributed by atoms with Crippen molar-refractivity contribution in [2.24, 2.45) is 0 Å². The van der Waals surface area contributed by atoms with Crippen molar-refractivity contribution in [2.45, 2.75) is 114 Å². The minimum Gasteiger partial charge on any atom is -0.457 e. The lowest BCUT2D eigenvalue weighted by molar-refractivity contribution is -0.360. The summed E-state index contributed by atoms with van der Waals surface area (Å²) in [4.78, 5) is 12.9. The quantitative estimate of drug-likeness (QED) is 0.0640. The molecule has 11 atom stereocenters. The van der Waals surface area contributed by atoms with Crippen LogP contribution in [0.5, 0.6) is 0 Å². The number of hydrogen-bond donors (Lipinski definition) is 2. The summed E-state index contributed by atoms with van der Waals surface area (Å²) in [7, 11) is 0. The fourth-order valence-electron chi connectivity index (χ4n) is 8.56. The van der Waals surface area contributed by atoms with Crippen LogP contribution in [0.25, 0.3) is 0 Å². The Morgan fingerprint density at radius 3 is 1.13 bits per heavy atom. The van der Waals surface area contributed by atoms with Gasteiger partial charge in [0.1, 0.15) is 54.9 Å². The Hall–Kier alpha value is -5.61. The molecule has 2 aliphatic rings. The van der Waals surface area contributed by atoms with Gasteiger partial charge in [-0.15, -0.1) is 0 Å². The SMILES string of the molecule is CC(=O)O[C@H]1[C@H](O)[C@H](O)[C@H](OCc2ccccc2)[C@@H](OCc2ccccc2)[C@@H]1O[C@H]1O[C@H](COCc2ccccc2)[C@H](OCc2ccccc2)[C@H](OCc2ccccc2)[C@H]1OCc1ccccc1. The van der Waals surface area contributed by atoms with Crippen LogP contribution in [0.4, 0.5) is 0 Å². The molecule has 0 amide bonds. The molecule has 356 valence electrons. The maximum absolute atomic E-state index is 12.9. The van der Waals surface area contributed by atoms with Gasteiger partial charge in [-0.2, -0.15) is 0 Å². The van der Waals surface area contributed by atoms with Crippen LogP contribution in [0.1, 0.15) is 40.3 Å². The molecular weight excluding hydrogens is 865 g/mol. The zero-order valence-electron chi connectivity index (χ0n) is 38.1. The molecule has 0 radical (unpaired) electrons. The third-order valence-electron chi connectivity index (χ3n) is 12.0. The first-order valence-electron chi connectivity index (χ1n) is 23.1. The van der Waals surface area contributed by atoms with Crippen LogP contribution < -0.4 is 0 Å². The standard InChI is InChI=1S/C56H60O12/c1-39(57)66-51-48(59)47(58)50(62-34-42-24-12-4-13-25-42)53(64-36-44-28-16-6-17-29-44)54(51)68-56-55(65-37-45-30-18-7-19-31-45)52(63-35-43-26-14-5-15-27-43)49(61-33-41-22-10-3-11-23-41)46(67-56)38-60-32-40-20-8-2-9-21-40/h2-31,46-56,58-59H,32-38H2,1H3/t46-,47+,48-,49+,50+,51+,52+,53-,54-,55-,56-/m1/s1. The maximum atomic E-state index is 12.9. The lowest BCUT2D eigenvalue weighted by Gasteiger charge is -2.50. The maximum Gasteiger partial charge on any atom is 0.303 e. The summed E-state index contributed by atoms with van der Waals surface area (Å²) in [6.45, 7) is 2.28. The second kappa shape index (κ2) is 25.1. The van der Waals surface area contributed by atoms with Gasteiger partial charge in [-0.05, 0) is 33.4 Å². The van der Waals surface area contributed by atoms with Crippen molar-refractivity contribution in [1.82, 2.24) is 0 Å². The van der Waals surface area contributed by atoms with Crippen LogP contribution in [0.15, 0.2) is 182 Å². The Bertz CT molecular complexity index is 2350. The number of carbonyl (C=O) groups excluding carboxylic acids is 1. The molecule has 1 saturated carbocycles. The first-order chi connectivity index (χ1) is 33.4. The van der Waals surface area contributed by atoms with Gasteiger partial charge in [0.25, 0.3) is 0 Å². The van der Waals surface area contributed by atoms with E-state index in [-0.39, 0.29) is 46.2 Å². The number of esters is 1. The molecule has 1 aliphatic heterocycles. The van der Waals surface area contributed by atoms with E-state index < -0.39 is 73.3 Å². The molecule has 1 heterocycles. The molecule has 2 fully saturated rings. The van der Waals surface area contributed by atoms with Crippen LogP contribution in [0, 0.1) is 0 Å². The van der Waals surface area contributed by atoms with Gasteiger partial charge >= 0.3 is 5.97 Å². The lowest BCUT2D eigenvalue weighted by Crippen LogP contribution is -2.69. The highest BCUT2D eigenvalue weighted by molar-refractivity contribution is 5.66. The molecule has 0 unspecified atom stereocenters. The third-order valence-corrected chi connectivity index (χ3v) is 12.0. The molecule has 12 nitrogen and oxygen atoms in total. The van der Waals surface area contributed by atoms with E-state index >= 15 is 0 Å². The largest absolute Gasteiger partial charge is 0.457 e. The summed E-state index contributed by atoms with van der Waals surface area (Å²) in [5, 5.41) is 23.8. The number of aliphatic hydroxyl groups is 2. The number of rotatable bonds is 22. The zero-order chi connectivity index (χ0) is 46.9. The molecule has 8 rings (SSSR count). The van der Waals surface area contributed by atoms with Crippen molar-refractivity contribution in [3.63, 3.8) is 0 Å². The average Bonchev–Trinajstić information content (AvgIpc) is 3.38. The first-order valence-corrected chi connectivity index (χ1v) is 23.1. The fraction of sp³-hybridized carbons (Fsp3) is 0.339. The number of carbonyl (C=O) groups is 1. The second-order valence-electron chi connectivity index (χ2n) is 17.0. The first kappa shape index (κ1) is 48.8. The summed E-state index contributed by atoms with van der Waals surface area (Å²) < 4.78 is 60.4. The second-order valence-corrected chi connectivity index (χ2v) is 17.0. The van der Waals surface area contributed by atoms with E-state index in [0.717, 1.165) is 33.4 Å². The van der Waals surface area contributed by atoms with Crippen LogP contribution in [0.3, 0.4) is 0 Å². The normalized spacial score (nSPS) is 26.0. The Morgan fingerprint density at radius 2 is 0.735 bits per heavy atom. The molecule has 1 saturated heterocycles. The Labute approximate surface area is 398 Å². The van der Waals surface area contributed by atoms with E-state index in [1.807, 2.05) is 182 Å². The van der Waals surface area contributed by atoms with Gasteiger partial charge in [-0.25, -0.2) is 0 Å². The highest BCUT2D eigenvalue weighted by Crippen LogP contribution is 2.37. The van der Waals surface area contributed by atoms with Crippen LogP contribution in [-0.2, 0) is 87.1 Å². The molecular formula is C56H60O12. The van der Waals surface area contributed by atoms with Gasteiger partial charge in [0.2, 0.25) is 0 Å². The van der Waals surface area contributed by atoms with Crippen molar-refractivity contribution >= 4 is 5.97 Å². The minimum absolute atomic E-state index is 0.0565. The van der Waals surface area contributed by atoms with Gasteiger partial charge in [-0.1, -0.05) is 182 Å². The van der Waals surface area contributed by atoms with E-state index in [0.29, 0.717) is 0 Å². The average molecular weight is 925 g/mol. The van der Waals surface area contributed by atoms with E-state index in [2.05, 4.69) is 0 Å². The molecule has 6 aromatic rings. The fourth-order valence-corrected chi connectivity index (χ4v) is 8.56. The van der Waals surface area contributed by atoms with E-state index in [4.69, 9.17) is 42.6 Å². The summed E-state index contributed by atoms with van der Waals surface area (Å²) >= 11 is 0. The molecule has 68 heavy (non-hydrogen) atoms.